The summed E-state index contributed by atoms with van der Waals surface area (Å²) in [6.45, 7) is 9.49. The maximum absolute atomic E-state index is 11.6. The predicted molar refractivity (Wildman–Crippen MR) is 82.6 cm³/mol. The van der Waals surface area contributed by atoms with Crippen LogP contribution in [0, 0.1) is 6.92 Å². The summed E-state index contributed by atoms with van der Waals surface area (Å²) in [5, 5.41) is 16.2. The van der Waals surface area contributed by atoms with E-state index in [0.29, 0.717) is 17.7 Å². The number of aromatic amines is 1. The van der Waals surface area contributed by atoms with Crippen LogP contribution in [0.25, 0.3) is 0 Å². The molecule has 0 spiro atoms. The highest BCUT2D eigenvalue weighted by atomic mass is 32.2. The summed E-state index contributed by atoms with van der Waals surface area (Å²) < 4.78 is 3.46. The molecule has 0 saturated carbocycles. The molecule has 0 unspecified atom stereocenters. The van der Waals surface area contributed by atoms with Gasteiger partial charge in [0.25, 0.3) is 0 Å². The number of aromatic nitrogens is 5. The van der Waals surface area contributed by atoms with Crippen molar-refractivity contribution >= 4 is 11.8 Å². The molecule has 21 heavy (non-hydrogen) atoms. The monoisotopic (exact) mass is 310 g/mol. The number of rotatable bonds is 6. The Morgan fingerprint density at radius 1 is 1.43 bits per heavy atom. The molecule has 0 atom stereocenters. The molecule has 2 rings (SSSR count). The lowest BCUT2D eigenvalue weighted by Gasteiger charge is -2.10. The molecule has 0 aliphatic rings. The minimum Gasteiger partial charge on any atom is -0.310 e. The lowest BCUT2D eigenvalue weighted by Crippen LogP contribution is -2.22. The van der Waals surface area contributed by atoms with Crippen LogP contribution in [0.5, 0.6) is 0 Å². The maximum Gasteiger partial charge on any atom is 0.343 e. The second-order valence-corrected chi connectivity index (χ2v) is 6.14. The summed E-state index contributed by atoms with van der Waals surface area (Å²) in [7, 11) is 1.91. The van der Waals surface area contributed by atoms with Crippen LogP contribution in [-0.2, 0) is 20.1 Å². The first-order valence-electron chi connectivity index (χ1n) is 7.03. The van der Waals surface area contributed by atoms with Gasteiger partial charge in [-0.3, -0.25) is 9.25 Å². The van der Waals surface area contributed by atoms with E-state index in [-0.39, 0.29) is 5.69 Å². The van der Waals surface area contributed by atoms with Crippen LogP contribution in [0.4, 0.5) is 0 Å². The van der Waals surface area contributed by atoms with Gasteiger partial charge in [-0.05, 0) is 25.6 Å². The molecule has 0 radical (unpaired) electrons. The highest BCUT2D eigenvalue weighted by molar-refractivity contribution is 7.99. The summed E-state index contributed by atoms with van der Waals surface area (Å²) in [6.07, 6.45) is 0. The fraction of sp³-hybridized carbons (Fsp3) is 0.615. The predicted octanol–water partition coefficient (Wildman–Crippen LogP) is 1.28. The smallest absolute Gasteiger partial charge is 0.310 e. The molecule has 116 valence electrons. The van der Waals surface area contributed by atoms with Gasteiger partial charge in [0.05, 0.1) is 5.69 Å². The van der Waals surface area contributed by atoms with Crippen molar-refractivity contribution < 1.29 is 0 Å². The van der Waals surface area contributed by atoms with Gasteiger partial charge in [-0.25, -0.2) is 9.89 Å². The van der Waals surface area contributed by atoms with Gasteiger partial charge >= 0.3 is 5.69 Å². The van der Waals surface area contributed by atoms with Gasteiger partial charge in [-0.2, -0.15) is 5.10 Å². The van der Waals surface area contributed by atoms with E-state index in [2.05, 4.69) is 34.5 Å². The van der Waals surface area contributed by atoms with E-state index in [1.54, 1.807) is 4.57 Å². The van der Waals surface area contributed by atoms with Crippen molar-refractivity contribution in [1.29, 1.82) is 0 Å². The number of hydrogen-bond acceptors (Lipinski definition) is 5. The molecule has 0 saturated heterocycles. The standard InChI is InChI=1S/C13H22N6OS/c1-6-19-12(20)15-16-13(19)21-11-10(7-14-8(2)3)9(4)17-18(11)5/h8,14H,6-7H2,1-5H3,(H,15,20). The fourth-order valence-corrected chi connectivity index (χ4v) is 3.17. The van der Waals surface area contributed by atoms with Gasteiger partial charge in [-0.15, -0.1) is 5.10 Å². The van der Waals surface area contributed by atoms with Crippen molar-refractivity contribution in [1.82, 2.24) is 29.9 Å². The molecule has 0 aliphatic carbocycles. The number of nitrogens with zero attached hydrogens (tertiary/aromatic N) is 4. The zero-order valence-corrected chi connectivity index (χ0v) is 13.9. The average Bonchev–Trinajstić information content (AvgIpc) is 2.89. The molecule has 0 amide bonds. The molecule has 8 heteroatoms. The Hall–Kier alpha value is -1.54. The number of H-pyrrole nitrogens is 1. The van der Waals surface area contributed by atoms with Crippen molar-refractivity contribution in [3.63, 3.8) is 0 Å². The Morgan fingerprint density at radius 2 is 2.14 bits per heavy atom. The van der Waals surface area contributed by atoms with E-state index in [1.807, 2.05) is 25.6 Å². The van der Waals surface area contributed by atoms with E-state index < -0.39 is 0 Å². The van der Waals surface area contributed by atoms with E-state index in [9.17, 15) is 4.79 Å². The molecule has 7 nitrogen and oxygen atoms in total. The zero-order valence-electron chi connectivity index (χ0n) is 13.1. The van der Waals surface area contributed by atoms with Crippen LogP contribution in [0.15, 0.2) is 15.0 Å². The minimum atomic E-state index is -0.180. The molecule has 0 bridgehead atoms. The summed E-state index contributed by atoms with van der Waals surface area (Å²) in [6, 6.07) is 0.404. The molecular weight excluding hydrogens is 288 g/mol. The summed E-state index contributed by atoms with van der Waals surface area (Å²) in [4.78, 5) is 11.6. The Labute approximate surface area is 128 Å². The van der Waals surface area contributed by atoms with E-state index in [4.69, 9.17) is 0 Å². The SMILES string of the molecule is CCn1c(Sc2c(CNC(C)C)c(C)nn2C)n[nH]c1=O. The molecule has 2 aromatic heterocycles. The molecule has 2 heterocycles. The van der Waals surface area contributed by atoms with Crippen LogP contribution in [0.1, 0.15) is 32.0 Å². The van der Waals surface area contributed by atoms with Gasteiger partial charge in [-0.1, -0.05) is 13.8 Å². The van der Waals surface area contributed by atoms with Gasteiger partial charge in [0.2, 0.25) is 0 Å². The number of hydrogen-bond donors (Lipinski definition) is 2. The topological polar surface area (TPSA) is 80.5 Å². The maximum atomic E-state index is 11.6. The fourth-order valence-electron chi connectivity index (χ4n) is 2.06. The second-order valence-electron chi connectivity index (χ2n) is 5.19. The normalized spacial score (nSPS) is 11.5. The van der Waals surface area contributed by atoms with Gasteiger partial charge < -0.3 is 5.32 Å². The molecule has 0 aromatic carbocycles. The van der Waals surface area contributed by atoms with Crippen LogP contribution in [0.3, 0.4) is 0 Å². The van der Waals surface area contributed by atoms with Crippen LogP contribution in [-0.4, -0.2) is 30.6 Å². The first-order chi connectivity index (χ1) is 9.93. The van der Waals surface area contributed by atoms with Gasteiger partial charge in [0.1, 0.15) is 5.03 Å². The second kappa shape index (κ2) is 6.48. The Balaban J connectivity index is 2.32. The van der Waals surface area contributed by atoms with E-state index in [1.165, 1.54) is 11.8 Å². The summed E-state index contributed by atoms with van der Waals surface area (Å²) >= 11 is 1.47. The highest BCUT2D eigenvalue weighted by Crippen LogP contribution is 2.29. The third-order valence-corrected chi connectivity index (χ3v) is 4.40. The number of aryl methyl sites for hydroxylation is 2. The average molecular weight is 310 g/mol. The van der Waals surface area contributed by atoms with Crippen molar-refractivity contribution in [2.75, 3.05) is 0 Å². The third-order valence-electron chi connectivity index (χ3n) is 3.20. The number of nitrogens with one attached hydrogen (secondary N) is 2. The lowest BCUT2D eigenvalue weighted by molar-refractivity contribution is 0.579. The molecule has 0 fully saturated rings. The Bertz CT molecular complexity index is 669. The summed E-state index contributed by atoms with van der Waals surface area (Å²) in [5.74, 6) is 0. The molecular formula is C13H22N6OS. The van der Waals surface area contributed by atoms with Gasteiger partial charge in [0, 0.05) is 31.7 Å². The van der Waals surface area contributed by atoms with Crippen LogP contribution >= 0.6 is 11.8 Å². The van der Waals surface area contributed by atoms with E-state index in [0.717, 1.165) is 22.8 Å². The summed E-state index contributed by atoms with van der Waals surface area (Å²) in [5.41, 5.74) is 1.96. The third kappa shape index (κ3) is 3.38. The van der Waals surface area contributed by atoms with Crippen molar-refractivity contribution in [3.8, 4) is 0 Å². The Kier molecular flexibility index (Phi) is 4.89. The zero-order chi connectivity index (χ0) is 15.6. The lowest BCUT2D eigenvalue weighted by atomic mass is 10.2. The largest absolute Gasteiger partial charge is 0.343 e. The van der Waals surface area contributed by atoms with Crippen molar-refractivity contribution in [3.05, 3.63) is 21.7 Å². The van der Waals surface area contributed by atoms with Gasteiger partial charge in [0.15, 0.2) is 5.16 Å². The highest BCUT2D eigenvalue weighted by Gasteiger charge is 2.18. The molecule has 0 aliphatic heterocycles. The quantitative estimate of drug-likeness (QED) is 0.840. The van der Waals surface area contributed by atoms with Crippen LogP contribution < -0.4 is 11.0 Å². The minimum absolute atomic E-state index is 0.180. The molecule has 2 aromatic rings. The van der Waals surface area contributed by atoms with Crippen molar-refractivity contribution in [2.24, 2.45) is 7.05 Å². The van der Waals surface area contributed by atoms with E-state index >= 15 is 0 Å². The first-order valence-corrected chi connectivity index (χ1v) is 7.84. The van der Waals surface area contributed by atoms with Crippen molar-refractivity contribution in [2.45, 2.75) is 57.0 Å². The Morgan fingerprint density at radius 3 is 2.76 bits per heavy atom. The van der Waals surface area contributed by atoms with Crippen LogP contribution in [0.2, 0.25) is 0 Å². The first kappa shape index (κ1) is 15.8. The molecule has 2 N–H and O–H groups in total.